The van der Waals surface area contributed by atoms with Crippen LogP contribution < -0.4 is 0 Å². The maximum absolute atomic E-state index is 12.6. The second-order valence-electron chi connectivity index (χ2n) is 6.79. The van der Waals surface area contributed by atoms with Crippen LogP contribution in [0.1, 0.15) is 25.8 Å². The lowest BCUT2D eigenvalue weighted by Crippen LogP contribution is -2.44. The molecule has 2 aliphatic heterocycles. The van der Waals surface area contributed by atoms with Gasteiger partial charge in [-0.3, -0.25) is 14.6 Å². The molecule has 25 heavy (non-hydrogen) atoms. The van der Waals surface area contributed by atoms with Gasteiger partial charge in [-0.25, -0.2) is 9.98 Å². The fourth-order valence-electron chi connectivity index (χ4n) is 3.27. The summed E-state index contributed by atoms with van der Waals surface area (Å²) in [6, 6.07) is 7.90. The summed E-state index contributed by atoms with van der Waals surface area (Å²) in [4.78, 5) is 39.7. The number of carbonyl (C=O) groups is 2. The van der Waals surface area contributed by atoms with Crippen molar-refractivity contribution in [2.75, 3.05) is 6.26 Å². The number of rotatable bonds is 2. The lowest BCUT2D eigenvalue weighted by molar-refractivity contribution is -0.128. The standard InChI is InChI=1S/C19H17N3O2S/c1-19(2)17(24)12-8-14(23)16-15(13(12)9-20-19)21-18(22-16)10-4-6-11(25-3)7-5-10/h4-7,9,12H,8H2,1-3H3. The van der Waals surface area contributed by atoms with Gasteiger partial charge in [-0.2, -0.15) is 0 Å². The first-order valence-corrected chi connectivity index (χ1v) is 9.32. The van der Waals surface area contributed by atoms with E-state index < -0.39 is 11.5 Å². The molecule has 1 unspecified atom stereocenters. The predicted octanol–water partition coefficient (Wildman–Crippen LogP) is 2.88. The van der Waals surface area contributed by atoms with Gasteiger partial charge in [-0.05, 0) is 32.2 Å². The minimum atomic E-state index is -0.789. The molecular formula is C19H17N3O2S. The average molecular weight is 351 g/mol. The summed E-state index contributed by atoms with van der Waals surface area (Å²) in [6.45, 7) is 3.55. The molecule has 126 valence electrons. The van der Waals surface area contributed by atoms with Crippen LogP contribution in [0.15, 0.2) is 55.4 Å². The van der Waals surface area contributed by atoms with Crippen molar-refractivity contribution in [1.82, 2.24) is 0 Å². The molecule has 0 bridgehead atoms. The van der Waals surface area contributed by atoms with Crippen molar-refractivity contribution in [2.45, 2.75) is 30.7 Å². The van der Waals surface area contributed by atoms with Gasteiger partial charge in [0.2, 0.25) is 0 Å². The van der Waals surface area contributed by atoms with Gasteiger partial charge in [0.15, 0.2) is 17.4 Å². The quantitative estimate of drug-likeness (QED) is 0.769. The van der Waals surface area contributed by atoms with E-state index in [4.69, 9.17) is 0 Å². The number of thioether (sulfide) groups is 1. The smallest absolute Gasteiger partial charge is 0.184 e. The molecule has 3 aliphatic rings. The van der Waals surface area contributed by atoms with E-state index in [-0.39, 0.29) is 18.0 Å². The number of Topliss-reactive ketones (excluding diaryl/α,β-unsaturated/α-hetero) is 2. The summed E-state index contributed by atoms with van der Waals surface area (Å²) in [5.74, 6) is -0.0960. The number of amidine groups is 1. The maximum Gasteiger partial charge on any atom is 0.184 e. The molecule has 1 aromatic carbocycles. The minimum absolute atomic E-state index is 0.0297. The van der Waals surface area contributed by atoms with E-state index in [9.17, 15) is 9.59 Å². The van der Waals surface area contributed by atoms with E-state index in [0.29, 0.717) is 17.2 Å². The number of allylic oxidation sites excluding steroid dienone is 2. The highest BCUT2D eigenvalue weighted by molar-refractivity contribution is 7.98. The summed E-state index contributed by atoms with van der Waals surface area (Å²) in [7, 11) is 0. The van der Waals surface area contributed by atoms with Crippen molar-refractivity contribution in [3.63, 3.8) is 0 Å². The fourth-order valence-corrected chi connectivity index (χ4v) is 3.68. The van der Waals surface area contributed by atoms with E-state index in [0.717, 1.165) is 16.0 Å². The third-order valence-corrected chi connectivity index (χ3v) is 5.50. The van der Waals surface area contributed by atoms with E-state index in [1.54, 1.807) is 31.8 Å². The van der Waals surface area contributed by atoms with E-state index in [2.05, 4.69) is 15.0 Å². The largest absolute Gasteiger partial charge is 0.296 e. The average Bonchev–Trinajstić information content (AvgIpc) is 3.05. The molecule has 2 heterocycles. The Balaban J connectivity index is 1.82. The second kappa shape index (κ2) is 5.59. The Bertz CT molecular complexity index is 920. The number of hydrogen-bond donors (Lipinski definition) is 0. The first-order valence-electron chi connectivity index (χ1n) is 8.10. The van der Waals surface area contributed by atoms with Gasteiger partial charge < -0.3 is 0 Å². The van der Waals surface area contributed by atoms with Crippen LogP contribution >= 0.6 is 11.8 Å². The maximum atomic E-state index is 12.6. The minimum Gasteiger partial charge on any atom is -0.296 e. The van der Waals surface area contributed by atoms with Gasteiger partial charge >= 0.3 is 0 Å². The summed E-state index contributed by atoms with van der Waals surface area (Å²) in [5, 5.41) is 0. The molecular weight excluding hydrogens is 334 g/mol. The highest BCUT2D eigenvalue weighted by atomic mass is 32.2. The SMILES string of the molecule is CSc1ccc(C2=NC3=C4C=NC(C)(C)C(=O)C4CC(=O)C3=N2)cc1. The van der Waals surface area contributed by atoms with Crippen LogP contribution in [0.2, 0.25) is 0 Å². The third-order valence-electron chi connectivity index (χ3n) is 4.76. The van der Waals surface area contributed by atoms with Crippen molar-refractivity contribution < 1.29 is 9.59 Å². The molecule has 0 spiro atoms. The van der Waals surface area contributed by atoms with Gasteiger partial charge in [-0.1, -0.05) is 12.1 Å². The number of carbonyl (C=O) groups excluding carboxylic acids is 2. The molecule has 0 aromatic heterocycles. The molecule has 0 radical (unpaired) electrons. The molecule has 1 aromatic rings. The van der Waals surface area contributed by atoms with Crippen LogP contribution in [0.4, 0.5) is 0 Å². The van der Waals surface area contributed by atoms with Crippen molar-refractivity contribution in [3.05, 3.63) is 41.1 Å². The zero-order valence-electron chi connectivity index (χ0n) is 14.2. The summed E-state index contributed by atoms with van der Waals surface area (Å²) in [5.41, 5.74) is 1.66. The topological polar surface area (TPSA) is 71.2 Å². The molecule has 0 amide bonds. The van der Waals surface area contributed by atoms with Crippen LogP contribution in [0.25, 0.3) is 0 Å². The Morgan fingerprint density at radius 3 is 2.52 bits per heavy atom. The normalized spacial score (nSPS) is 24.0. The Morgan fingerprint density at radius 2 is 1.84 bits per heavy atom. The van der Waals surface area contributed by atoms with Crippen LogP contribution in [0.3, 0.4) is 0 Å². The number of fused-ring (bicyclic) bond motifs is 2. The molecule has 1 atom stereocenters. The zero-order valence-corrected chi connectivity index (χ0v) is 15.1. The number of aliphatic imine (C=N–C) groups is 3. The zero-order chi connectivity index (χ0) is 17.8. The van der Waals surface area contributed by atoms with Crippen LogP contribution in [-0.4, -0.2) is 41.1 Å². The third kappa shape index (κ3) is 2.52. The van der Waals surface area contributed by atoms with Gasteiger partial charge in [0.25, 0.3) is 0 Å². The lowest BCUT2D eigenvalue weighted by Gasteiger charge is -2.32. The van der Waals surface area contributed by atoms with Crippen molar-refractivity contribution in [3.8, 4) is 0 Å². The second-order valence-corrected chi connectivity index (χ2v) is 7.67. The van der Waals surface area contributed by atoms with Gasteiger partial charge in [0.05, 0.1) is 5.92 Å². The van der Waals surface area contributed by atoms with E-state index >= 15 is 0 Å². The summed E-state index contributed by atoms with van der Waals surface area (Å²) in [6.07, 6.45) is 3.87. The van der Waals surface area contributed by atoms with Gasteiger partial charge in [0.1, 0.15) is 16.9 Å². The van der Waals surface area contributed by atoms with Crippen LogP contribution in [-0.2, 0) is 9.59 Å². The number of ketones is 2. The number of benzene rings is 1. The number of hydrogen-bond acceptors (Lipinski definition) is 6. The van der Waals surface area contributed by atoms with E-state index in [1.165, 1.54) is 0 Å². The first-order chi connectivity index (χ1) is 11.9. The lowest BCUT2D eigenvalue weighted by atomic mass is 9.74. The predicted molar refractivity (Wildman–Crippen MR) is 99.9 cm³/mol. The van der Waals surface area contributed by atoms with Crippen molar-refractivity contribution >= 4 is 41.1 Å². The first kappa shape index (κ1) is 16.1. The Morgan fingerprint density at radius 1 is 1.12 bits per heavy atom. The van der Waals surface area contributed by atoms with Gasteiger partial charge in [0, 0.05) is 28.7 Å². The number of nitrogens with zero attached hydrogens (tertiary/aromatic N) is 3. The Hall–Kier alpha value is -2.34. The molecule has 0 saturated carbocycles. The fraction of sp³-hybridized carbons (Fsp3) is 0.316. The molecule has 6 heteroatoms. The molecule has 5 nitrogen and oxygen atoms in total. The van der Waals surface area contributed by atoms with E-state index in [1.807, 2.05) is 30.5 Å². The van der Waals surface area contributed by atoms with Crippen molar-refractivity contribution in [1.29, 1.82) is 0 Å². The van der Waals surface area contributed by atoms with Crippen molar-refractivity contribution in [2.24, 2.45) is 20.9 Å². The van der Waals surface area contributed by atoms with Crippen LogP contribution in [0.5, 0.6) is 0 Å². The Kier molecular flexibility index (Phi) is 3.61. The molecule has 0 N–H and O–H groups in total. The molecule has 0 fully saturated rings. The molecule has 0 saturated heterocycles. The molecule has 4 rings (SSSR count). The molecule has 1 aliphatic carbocycles. The highest BCUT2D eigenvalue weighted by Crippen LogP contribution is 2.36. The summed E-state index contributed by atoms with van der Waals surface area (Å²) >= 11 is 1.66. The highest BCUT2D eigenvalue weighted by Gasteiger charge is 2.45. The Labute approximate surface area is 150 Å². The summed E-state index contributed by atoms with van der Waals surface area (Å²) < 4.78 is 0. The van der Waals surface area contributed by atoms with Crippen LogP contribution in [0, 0.1) is 5.92 Å². The van der Waals surface area contributed by atoms with Gasteiger partial charge in [-0.15, -0.1) is 11.8 Å². The monoisotopic (exact) mass is 351 g/mol.